The lowest BCUT2D eigenvalue weighted by molar-refractivity contribution is 0.230. The van der Waals surface area contributed by atoms with E-state index in [4.69, 9.17) is 9.47 Å². The van der Waals surface area contributed by atoms with E-state index in [0.29, 0.717) is 12.6 Å². The van der Waals surface area contributed by atoms with E-state index in [9.17, 15) is 0 Å². The molecule has 0 fully saturated rings. The summed E-state index contributed by atoms with van der Waals surface area (Å²) in [5.74, 6) is 2.50. The first kappa shape index (κ1) is 20.6. The molecule has 1 aromatic rings. The molecule has 0 heterocycles. The van der Waals surface area contributed by atoms with Gasteiger partial charge in [0.2, 0.25) is 0 Å². The van der Waals surface area contributed by atoms with Crippen LogP contribution < -0.4 is 20.1 Å². The molecule has 1 aliphatic carbocycles. The van der Waals surface area contributed by atoms with Crippen LogP contribution in [-0.2, 0) is 0 Å². The van der Waals surface area contributed by atoms with Crippen molar-refractivity contribution in [1.82, 2.24) is 10.6 Å². The quantitative estimate of drug-likeness (QED) is 0.293. The van der Waals surface area contributed by atoms with E-state index >= 15 is 0 Å². The lowest BCUT2D eigenvalue weighted by Gasteiger charge is -2.18. The molecule has 0 saturated carbocycles. The van der Waals surface area contributed by atoms with E-state index in [1.165, 1.54) is 0 Å². The minimum atomic E-state index is 0. The van der Waals surface area contributed by atoms with E-state index in [1.54, 1.807) is 7.11 Å². The third-order valence-electron chi connectivity index (χ3n) is 3.60. The van der Waals surface area contributed by atoms with Crippen LogP contribution in [0.1, 0.15) is 26.7 Å². The average molecular weight is 445 g/mol. The van der Waals surface area contributed by atoms with E-state index in [0.717, 1.165) is 36.8 Å². The summed E-state index contributed by atoms with van der Waals surface area (Å²) in [6.45, 7) is 5.54. The fourth-order valence-electron chi connectivity index (χ4n) is 2.39. The predicted octanol–water partition coefficient (Wildman–Crippen LogP) is 3.35. The first-order valence-corrected chi connectivity index (χ1v) is 8.21. The second kappa shape index (κ2) is 11.2. The number of aliphatic imine (C=N–C) groups is 1. The average Bonchev–Trinajstić information content (AvgIpc) is 3.06. The maximum Gasteiger partial charge on any atom is 0.191 e. The molecule has 0 bridgehead atoms. The number of halogens is 1. The molecule has 0 aliphatic heterocycles. The van der Waals surface area contributed by atoms with Crippen LogP contribution in [-0.4, -0.2) is 38.3 Å². The third kappa shape index (κ3) is 6.98. The van der Waals surface area contributed by atoms with Gasteiger partial charge in [0.25, 0.3) is 0 Å². The summed E-state index contributed by atoms with van der Waals surface area (Å²) in [5.41, 5.74) is 0. The molecule has 24 heavy (non-hydrogen) atoms. The first-order chi connectivity index (χ1) is 11.2. The van der Waals surface area contributed by atoms with Crippen LogP contribution in [0.4, 0.5) is 0 Å². The number of nitrogens with zero attached hydrogens (tertiary/aromatic N) is 1. The van der Waals surface area contributed by atoms with Crippen molar-refractivity contribution in [3.8, 4) is 11.5 Å². The zero-order valence-electron chi connectivity index (χ0n) is 14.6. The van der Waals surface area contributed by atoms with Crippen molar-refractivity contribution in [1.29, 1.82) is 0 Å². The Morgan fingerprint density at radius 1 is 1.21 bits per heavy atom. The number of ether oxygens (including phenoxy) is 2. The molecule has 6 heteroatoms. The van der Waals surface area contributed by atoms with Crippen LogP contribution >= 0.6 is 24.0 Å². The van der Waals surface area contributed by atoms with Crippen molar-refractivity contribution >= 4 is 29.9 Å². The monoisotopic (exact) mass is 445 g/mol. The van der Waals surface area contributed by atoms with Gasteiger partial charge >= 0.3 is 0 Å². The maximum absolute atomic E-state index is 5.88. The molecule has 0 radical (unpaired) electrons. The highest BCUT2D eigenvalue weighted by Crippen LogP contribution is 2.18. The van der Waals surface area contributed by atoms with Crippen molar-refractivity contribution in [2.45, 2.75) is 38.8 Å². The molecule has 0 spiro atoms. The van der Waals surface area contributed by atoms with Crippen LogP contribution in [0.25, 0.3) is 0 Å². The SMILES string of the molecule is CCNC(=NCC(C)Oc1ccc(OC)cc1)NC1CC=CC1.I. The van der Waals surface area contributed by atoms with Crippen LogP contribution in [0.15, 0.2) is 41.4 Å². The Labute approximate surface area is 161 Å². The number of hydrogen-bond acceptors (Lipinski definition) is 3. The molecule has 134 valence electrons. The van der Waals surface area contributed by atoms with Gasteiger partial charge in [-0.05, 0) is 51.0 Å². The minimum absolute atomic E-state index is 0. The van der Waals surface area contributed by atoms with Gasteiger partial charge in [0, 0.05) is 12.6 Å². The zero-order valence-corrected chi connectivity index (χ0v) is 16.9. The Bertz CT molecular complexity index is 524. The molecule has 0 amide bonds. The molecule has 1 unspecified atom stereocenters. The maximum atomic E-state index is 5.88. The standard InChI is InChI=1S/C18H27N3O2.HI/c1-4-19-18(21-15-7-5-6-8-15)20-13-14(2)23-17-11-9-16(22-3)10-12-17;/h5-6,9-12,14-15H,4,7-8,13H2,1-3H3,(H2,19,20,21);1H. The van der Waals surface area contributed by atoms with E-state index < -0.39 is 0 Å². The minimum Gasteiger partial charge on any atom is -0.497 e. The first-order valence-electron chi connectivity index (χ1n) is 8.21. The Kier molecular flexibility index (Phi) is 9.59. The Morgan fingerprint density at radius 3 is 2.42 bits per heavy atom. The van der Waals surface area contributed by atoms with Gasteiger partial charge in [-0.25, -0.2) is 4.99 Å². The summed E-state index contributed by atoms with van der Waals surface area (Å²) >= 11 is 0. The largest absolute Gasteiger partial charge is 0.497 e. The number of rotatable bonds is 7. The number of benzene rings is 1. The van der Waals surface area contributed by atoms with Crippen LogP contribution in [0.5, 0.6) is 11.5 Å². The molecule has 2 N–H and O–H groups in total. The summed E-state index contributed by atoms with van der Waals surface area (Å²) in [4.78, 5) is 4.62. The Balaban J connectivity index is 0.00000288. The van der Waals surface area contributed by atoms with Gasteiger partial charge in [0.05, 0.1) is 13.7 Å². The lowest BCUT2D eigenvalue weighted by atomic mass is 10.2. The van der Waals surface area contributed by atoms with E-state index in [-0.39, 0.29) is 30.1 Å². The number of methoxy groups -OCH3 is 1. The number of guanidine groups is 1. The summed E-state index contributed by atoms with van der Waals surface area (Å²) in [5, 5.41) is 6.74. The van der Waals surface area contributed by atoms with Gasteiger partial charge in [0.1, 0.15) is 17.6 Å². The highest BCUT2D eigenvalue weighted by molar-refractivity contribution is 14.0. The highest BCUT2D eigenvalue weighted by atomic mass is 127. The highest BCUT2D eigenvalue weighted by Gasteiger charge is 2.12. The van der Waals surface area contributed by atoms with Crippen molar-refractivity contribution in [2.75, 3.05) is 20.2 Å². The summed E-state index contributed by atoms with van der Waals surface area (Å²) in [7, 11) is 1.66. The van der Waals surface area contributed by atoms with Crippen molar-refractivity contribution < 1.29 is 9.47 Å². The van der Waals surface area contributed by atoms with E-state index in [1.807, 2.05) is 31.2 Å². The molecule has 1 aliphatic rings. The Morgan fingerprint density at radius 2 is 1.83 bits per heavy atom. The molecule has 0 aromatic heterocycles. The zero-order chi connectivity index (χ0) is 16.5. The molecule has 1 atom stereocenters. The fraction of sp³-hybridized carbons (Fsp3) is 0.500. The molecular weight excluding hydrogens is 417 g/mol. The summed E-state index contributed by atoms with van der Waals surface area (Å²) in [6, 6.07) is 8.05. The van der Waals surface area contributed by atoms with Gasteiger partial charge in [0.15, 0.2) is 5.96 Å². The van der Waals surface area contributed by atoms with Gasteiger partial charge in [-0.1, -0.05) is 12.2 Å². The topological polar surface area (TPSA) is 54.9 Å². The Hall–Kier alpha value is -1.44. The summed E-state index contributed by atoms with van der Waals surface area (Å²) in [6.07, 6.45) is 6.53. The smallest absolute Gasteiger partial charge is 0.191 e. The molecule has 2 rings (SSSR count). The van der Waals surface area contributed by atoms with Gasteiger partial charge in [-0.3, -0.25) is 0 Å². The normalized spacial score (nSPS) is 15.5. The van der Waals surface area contributed by atoms with Crippen LogP contribution in [0.3, 0.4) is 0 Å². The molecule has 1 aromatic carbocycles. The number of hydrogen-bond donors (Lipinski definition) is 2. The van der Waals surface area contributed by atoms with Crippen LogP contribution in [0, 0.1) is 0 Å². The fourth-order valence-corrected chi connectivity index (χ4v) is 2.39. The second-order valence-electron chi connectivity index (χ2n) is 5.61. The van der Waals surface area contributed by atoms with Crippen molar-refractivity contribution in [2.24, 2.45) is 4.99 Å². The second-order valence-corrected chi connectivity index (χ2v) is 5.61. The van der Waals surface area contributed by atoms with Gasteiger partial charge in [-0.2, -0.15) is 0 Å². The number of nitrogens with one attached hydrogen (secondary N) is 2. The van der Waals surface area contributed by atoms with Crippen LogP contribution in [0.2, 0.25) is 0 Å². The van der Waals surface area contributed by atoms with E-state index in [2.05, 4.69) is 34.7 Å². The van der Waals surface area contributed by atoms with Crippen molar-refractivity contribution in [3.05, 3.63) is 36.4 Å². The third-order valence-corrected chi connectivity index (χ3v) is 3.60. The van der Waals surface area contributed by atoms with Gasteiger partial charge < -0.3 is 20.1 Å². The molecule has 5 nitrogen and oxygen atoms in total. The molecule has 0 saturated heterocycles. The van der Waals surface area contributed by atoms with Gasteiger partial charge in [-0.15, -0.1) is 24.0 Å². The lowest BCUT2D eigenvalue weighted by Crippen LogP contribution is -2.43. The predicted molar refractivity (Wildman–Crippen MR) is 110 cm³/mol. The van der Waals surface area contributed by atoms with Crippen molar-refractivity contribution in [3.63, 3.8) is 0 Å². The molecular formula is C18H28IN3O2. The summed E-state index contributed by atoms with van der Waals surface area (Å²) < 4.78 is 11.0.